The Morgan fingerprint density at radius 1 is 0.957 bits per heavy atom. The zero-order valence-corrected chi connectivity index (χ0v) is 13.3. The Morgan fingerprint density at radius 3 is 2.52 bits per heavy atom. The Kier molecular flexibility index (Phi) is 3.87. The molecular weight excluding hydrogens is 314 g/mol. The molecule has 1 aliphatic carbocycles. The van der Waals surface area contributed by atoms with Gasteiger partial charge in [-0.1, -0.05) is 41.2 Å². The molecule has 1 aromatic carbocycles. The van der Waals surface area contributed by atoms with Crippen molar-refractivity contribution in [2.24, 2.45) is 0 Å². The third-order valence-corrected chi connectivity index (χ3v) is 4.54. The van der Waals surface area contributed by atoms with E-state index in [0.29, 0.717) is 28.4 Å². The lowest BCUT2D eigenvalue weighted by molar-refractivity contribution is 0.367. The summed E-state index contributed by atoms with van der Waals surface area (Å²) in [6.45, 7) is 0. The first-order chi connectivity index (χ1) is 11.3. The van der Waals surface area contributed by atoms with Crippen LogP contribution in [0, 0.1) is 0 Å². The van der Waals surface area contributed by atoms with Gasteiger partial charge in [0, 0.05) is 22.6 Å². The summed E-state index contributed by atoms with van der Waals surface area (Å²) in [4.78, 5) is 4.38. The van der Waals surface area contributed by atoms with Crippen molar-refractivity contribution in [3.05, 3.63) is 41.0 Å². The Morgan fingerprint density at radius 2 is 1.74 bits per heavy atom. The Hall–Kier alpha value is -2.14. The smallest absolute Gasteiger partial charge is 0.296 e. The van der Waals surface area contributed by atoms with E-state index in [-0.39, 0.29) is 0 Å². The highest BCUT2D eigenvalue weighted by Gasteiger charge is 2.22. The second-order valence-electron chi connectivity index (χ2n) is 5.88. The maximum Gasteiger partial charge on any atom is 0.296 e. The van der Waals surface area contributed by atoms with E-state index >= 15 is 0 Å². The van der Waals surface area contributed by atoms with E-state index in [1.54, 1.807) is 12.1 Å². The molecule has 6 heteroatoms. The first-order valence-corrected chi connectivity index (χ1v) is 8.24. The fourth-order valence-corrected chi connectivity index (χ4v) is 3.15. The first kappa shape index (κ1) is 14.5. The molecule has 0 N–H and O–H groups in total. The molecule has 2 aromatic heterocycles. The summed E-state index contributed by atoms with van der Waals surface area (Å²) < 4.78 is 10.7. The SMILES string of the molecule is Clc1ccc(-c2noc(-c3cc(C4CCCCC4)no3)n2)cc1. The predicted octanol–water partition coefficient (Wildman–Crippen LogP) is 5.09. The van der Waals surface area contributed by atoms with Crippen LogP contribution >= 0.6 is 11.6 Å². The van der Waals surface area contributed by atoms with Gasteiger partial charge in [-0.3, -0.25) is 0 Å². The van der Waals surface area contributed by atoms with Crippen molar-refractivity contribution in [1.82, 2.24) is 15.3 Å². The van der Waals surface area contributed by atoms with Gasteiger partial charge in [0.25, 0.3) is 5.89 Å². The van der Waals surface area contributed by atoms with Gasteiger partial charge in [0.1, 0.15) is 0 Å². The summed E-state index contributed by atoms with van der Waals surface area (Å²) in [7, 11) is 0. The lowest BCUT2D eigenvalue weighted by atomic mass is 9.87. The Balaban J connectivity index is 1.57. The van der Waals surface area contributed by atoms with Crippen LogP contribution in [-0.2, 0) is 0 Å². The second kappa shape index (κ2) is 6.16. The van der Waals surface area contributed by atoms with Crippen molar-refractivity contribution >= 4 is 11.6 Å². The largest absolute Gasteiger partial charge is 0.351 e. The summed E-state index contributed by atoms with van der Waals surface area (Å²) >= 11 is 5.89. The molecule has 5 nitrogen and oxygen atoms in total. The van der Waals surface area contributed by atoms with Crippen molar-refractivity contribution in [1.29, 1.82) is 0 Å². The fourth-order valence-electron chi connectivity index (χ4n) is 3.02. The van der Waals surface area contributed by atoms with Gasteiger partial charge in [-0.2, -0.15) is 4.98 Å². The van der Waals surface area contributed by atoms with Crippen molar-refractivity contribution < 1.29 is 9.05 Å². The minimum Gasteiger partial charge on any atom is -0.351 e. The van der Waals surface area contributed by atoms with E-state index < -0.39 is 0 Å². The molecule has 0 saturated heterocycles. The minimum absolute atomic E-state index is 0.351. The highest BCUT2D eigenvalue weighted by atomic mass is 35.5. The van der Waals surface area contributed by atoms with E-state index in [2.05, 4.69) is 15.3 Å². The van der Waals surface area contributed by atoms with Crippen LogP contribution in [0.15, 0.2) is 39.4 Å². The molecule has 3 aromatic rings. The number of halogens is 1. The molecule has 0 amide bonds. The molecule has 0 bridgehead atoms. The van der Waals surface area contributed by atoms with Gasteiger partial charge in [-0.05, 0) is 37.1 Å². The maximum atomic E-state index is 5.89. The molecule has 4 rings (SSSR count). The van der Waals surface area contributed by atoms with Crippen LogP contribution in [0.25, 0.3) is 23.0 Å². The molecule has 23 heavy (non-hydrogen) atoms. The minimum atomic E-state index is 0.351. The van der Waals surface area contributed by atoms with Gasteiger partial charge >= 0.3 is 0 Å². The van der Waals surface area contributed by atoms with Gasteiger partial charge < -0.3 is 9.05 Å². The Bertz CT molecular complexity index is 788. The van der Waals surface area contributed by atoms with Crippen molar-refractivity contribution in [2.75, 3.05) is 0 Å². The van der Waals surface area contributed by atoms with Gasteiger partial charge in [-0.25, -0.2) is 0 Å². The molecule has 2 heterocycles. The molecule has 0 atom stereocenters. The van der Waals surface area contributed by atoms with E-state index in [4.69, 9.17) is 20.6 Å². The van der Waals surface area contributed by atoms with Gasteiger partial charge in [0.05, 0.1) is 5.69 Å². The summed E-state index contributed by atoms with van der Waals surface area (Å²) in [5, 5.41) is 8.86. The van der Waals surface area contributed by atoms with E-state index in [0.717, 1.165) is 11.3 Å². The highest BCUT2D eigenvalue weighted by molar-refractivity contribution is 6.30. The number of nitrogens with zero attached hydrogens (tertiary/aromatic N) is 3. The zero-order chi connectivity index (χ0) is 15.6. The topological polar surface area (TPSA) is 65.0 Å². The van der Waals surface area contributed by atoms with Crippen molar-refractivity contribution in [3.63, 3.8) is 0 Å². The Labute approximate surface area is 138 Å². The molecule has 1 aliphatic rings. The van der Waals surface area contributed by atoms with Crippen LogP contribution in [0.3, 0.4) is 0 Å². The quantitative estimate of drug-likeness (QED) is 0.669. The normalized spacial score (nSPS) is 15.9. The van der Waals surface area contributed by atoms with Crippen LogP contribution in [0.4, 0.5) is 0 Å². The number of hydrogen-bond donors (Lipinski definition) is 0. The van der Waals surface area contributed by atoms with Crippen molar-refractivity contribution in [3.8, 4) is 23.0 Å². The monoisotopic (exact) mass is 329 g/mol. The molecule has 0 spiro atoms. The van der Waals surface area contributed by atoms with Crippen LogP contribution in [0.5, 0.6) is 0 Å². The third kappa shape index (κ3) is 3.01. The third-order valence-electron chi connectivity index (χ3n) is 4.29. The average molecular weight is 330 g/mol. The standard InChI is InChI=1S/C17H16ClN3O2/c18-13-8-6-12(7-9-13)16-19-17(23-21-16)15-10-14(20-22-15)11-4-2-1-3-5-11/h6-11H,1-5H2. The van der Waals surface area contributed by atoms with E-state index in [1.807, 2.05) is 18.2 Å². The average Bonchev–Trinajstić information content (AvgIpc) is 3.26. The van der Waals surface area contributed by atoms with Crippen LogP contribution in [0.2, 0.25) is 5.02 Å². The summed E-state index contributed by atoms with van der Waals surface area (Å²) in [5.41, 5.74) is 1.84. The van der Waals surface area contributed by atoms with Crippen LogP contribution < -0.4 is 0 Å². The lowest BCUT2D eigenvalue weighted by Gasteiger charge is -2.18. The van der Waals surface area contributed by atoms with Crippen LogP contribution in [-0.4, -0.2) is 15.3 Å². The van der Waals surface area contributed by atoms with Gasteiger partial charge in [0.15, 0.2) is 0 Å². The summed E-state index contributed by atoms with van der Waals surface area (Å²) in [6, 6.07) is 9.22. The number of rotatable bonds is 3. The maximum absolute atomic E-state index is 5.89. The molecule has 0 unspecified atom stereocenters. The van der Waals surface area contributed by atoms with Gasteiger partial charge in [0.2, 0.25) is 11.6 Å². The fraction of sp³-hybridized carbons (Fsp3) is 0.353. The molecule has 1 fully saturated rings. The zero-order valence-electron chi connectivity index (χ0n) is 12.5. The van der Waals surface area contributed by atoms with Gasteiger partial charge in [-0.15, -0.1) is 0 Å². The lowest BCUT2D eigenvalue weighted by Crippen LogP contribution is -2.04. The number of hydrogen-bond acceptors (Lipinski definition) is 5. The number of aromatic nitrogens is 3. The number of benzene rings is 1. The van der Waals surface area contributed by atoms with Crippen LogP contribution in [0.1, 0.15) is 43.7 Å². The highest BCUT2D eigenvalue weighted by Crippen LogP contribution is 2.34. The van der Waals surface area contributed by atoms with E-state index in [1.165, 1.54) is 32.1 Å². The molecule has 118 valence electrons. The second-order valence-corrected chi connectivity index (χ2v) is 6.32. The molecule has 0 aliphatic heterocycles. The summed E-state index contributed by atoms with van der Waals surface area (Å²) in [5.74, 6) is 1.87. The molecule has 0 radical (unpaired) electrons. The first-order valence-electron chi connectivity index (χ1n) is 7.86. The summed E-state index contributed by atoms with van der Waals surface area (Å²) in [6.07, 6.45) is 6.18. The van der Waals surface area contributed by atoms with E-state index in [9.17, 15) is 0 Å². The molecular formula is C17H16ClN3O2. The predicted molar refractivity (Wildman–Crippen MR) is 86.1 cm³/mol. The van der Waals surface area contributed by atoms with Crippen molar-refractivity contribution in [2.45, 2.75) is 38.0 Å². The molecule has 1 saturated carbocycles.